The summed E-state index contributed by atoms with van der Waals surface area (Å²) in [5, 5.41) is 1.88. The second-order valence-electron chi connectivity index (χ2n) is 4.91. The molecule has 0 fully saturated rings. The average Bonchev–Trinajstić information content (AvgIpc) is 2.87. The van der Waals surface area contributed by atoms with Crippen LogP contribution in [0.15, 0.2) is 40.6 Å². The molecule has 0 aliphatic rings. The van der Waals surface area contributed by atoms with Gasteiger partial charge in [0.1, 0.15) is 10.7 Å². The number of nitrogen functional groups attached to an aromatic ring is 1. The smallest absolute Gasteiger partial charge is 0.246 e. The molecule has 0 aliphatic heterocycles. The molecule has 0 bridgehead atoms. The Hall–Kier alpha value is -1.44. The van der Waals surface area contributed by atoms with E-state index in [1.54, 1.807) is 13.8 Å². The largest absolute Gasteiger partial charge is 0.399 e. The average molecular weight is 328 g/mol. The summed E-state index contributed by atoms with van der Waals surface area (Å²) in [6, 6.07) is 7.05. The Balaban J connectivity index is 2.42. The fourth-order valence-corrected chi connectivity index (χ4v) is 4.40. The zero-order valence-electron chi connectivity index (χ0n) is 11.8. The zero-order chi connectivity index (χ0) is 15.6. The van der Waals surface area contributed by atoms with Gasteiger partial charge in [0, 0.05) is 23.2 Å². The number of hydrogen-bond donors (Lipinski definition) is 1. The molecule has 0 amide bonds. The molecule has 0 saturated heterocycles. The first-order valence-electron chi connectivity index (χ1n) is 6.41. The minimum atomic E-state index is -3.91. The molecule has 2 N–H and O–H groups in total. The van der Waals surface area contributed by atoms with Gasteiger partial charge in [-0.2, -0.15) is 4.31 Å². The summed E-state index contributed by atoms with van der Waals surface area (Å²) in [6.07, 6.45) is 0. The maximum atomic E-state index is 14.0. The third kappa shape index (κ3) is 3.42. The predicted octanol–water partition coefficient (Wildman–Crippen LogP) is 3.07. The summed E-state index contributed by atoms with van der Waals surface area (Å²) in [5.41, 5.74) is 5.66. The van der Waals surface area contributed by atoms with Gasteiger partial charge in [-0.3, -0.25) is 0 Å². The molecule has 114 valence electrons. The van der Waals surface area contributed by atoms with E-state index in [4.69, 9.17) is 5.73 Å². The molecular formula is C14H17FN2O2S2. The van der Waals surface area contributed by atoms with Gasteiger partial charge in [-0.1, -0.05) is 6.07 Å². The molecule has 0 aliphatic carbocycles. The molecule has 2 rings (SSSR count). The molecule has 1 aromatic heterocycles. The highest BCUT2D eigenvalue weighted by atomic mass is 32.2. The number of nitrogens with zero attached hydrogens (tertiary/aromatic N) is 1. The van der Waals surface area contributed by atoms with E-state index in [0.29, 0.717) is 0 Å². The van der Waals surface area contributed by atoms with Crippen LogP contribution in [0.4, 0.5) is 10.1 Å². The number of nitrogens with two attached hydrogens (primary N) is 1. The van der Waals surface area contributed by atoms with Gasteiger partial charge in [-0.15, -0.1) is 11.3 Å². The summed E-state index contributed by atoms with van der Waals surface area (Å²) in [7, 11) is -3.91. The van der Waals surface area contributed by atoms with Crippen molar-refractivity contribution in [1.29, 1.82) is 0 Å². The van der Waals surface area contributed by atoms with Crippen LogP contribution in [0.1, 0.15) is 18.7 Å². The minimum Gasteiger partial charge on any atom is -0.399 e. The molecule has 21 heavy (non-hydrogen) atoms. The summed E-state index contributed by atoms with van der Waals surface area (Å²) < 4.78 is 40.6. The number of thiophene rings is 1. The lowest BCUT2D eigenvalue weighted by Gasteiger charge is -2.25. The summed E-state index contributed by atoms with van der Waals surface area (Å²) >= 11 is 1.47. The van der Waals surface area contributed by atoms with E-state index in [1.165, 1.54) is 27.8 Å². The van der Waals surface area contributed by atoms with E-state index in [1.807, 2.05) is 17.5 Å². The van der Waals surface area contributed by atoms with E-state index in [0.717, 1.165) is 10.9 Å². The van der Waals surface area contributed by atoms with Crippen LogP contribution in [0.3, 0.4) is 0 Å². The first kappa shape index (κ1) is 15.9. The van der Waals surface area contributed by atoms with Crippen molar-refractivity contribution in [2.24, 2.45) is 0 Å². The Kier molecular flexibility index (Phi) is 4.65. The highest BCUT2D eigenvalue weighted by molar-refractivity contribution is 7.89. The first-order chi connectivity index (χ1) is 9.82. The Morgan fingerprint density at radius 1 is 1.33 bits per heavy atom. The van der Waals surface area contributed by atoms with Crippen molar-refractivity contribution in [3.05, 3.63) is 46.4 Å². The second-order valence-corrected chi connectivity index (χ2v) is 7.80. The van der Waals surface area contributed by atoms with Gasteiger partial charge < -0.3 is 5.73 Å². The molecule has 1 aromatic carbocycles. The van der Waals surface area contributed by atoms with E-state index < -0.39 is 15.8 Å². The van der Waals surface area contributed by atoms with Crippen LogP contribution in [-0.4, -0.2) is 18.8 Å². The van der Waals surface area contributed by atoms with E-state index >= 15 is 0 Å². The molecule has 2 aromatic rings. The molecule has 0 radical (unpaired) electrons. The monoisotopic (exact) mass is 328 g/mol. The van der Waals surface area contributed by atoms with E-state index in [9.17, 15) is 12.8 Å². The van der Waals surface area contributed by atoms with Gasteiger partial charge in [0.2, 0.25) is 10.0 Å². The standard InChI is InChI=1S/C14H17FN2O2S2/c1-10(2)17(9-12-4-3-7-20-12)21(18,19)14-6-5-11(16)8-13(14)15/h3-8,10H,9,16H2,1-2H3. The lowest BCUT2D eigenvalue weighted by atomic mass is 10.3. The summed E-state index contributed by atoms with van der Waals surface area (Å²) in [4.78, 5) is 0.560. The minimum absolute atomic E-state index is 0.195. The van der Waals surface area contributed by atoms with Crippen LogP contribution in [0.2, 0.25) is 0 Å². The van der Waals surface area contributed by atoms with Crippen molar-refractivity contribution >= 4 is 27.0 Å². The van der Waals surface area contributed by atoms with Gasteiger partial charge in [0.25, 0.3) is 0 Å². The fraction of sp³-hybridized carbons (Fsp3) is 0.286. The molecule has 0 unspecified atom stereocenters. The van der Waals surface area contributed by atoms with Crippen LogP contribution in [0.25, 0.3) is 0 Å². The lowest BCUT2D eigenvalue weighted by Crippen LogP contribution is -2.36. The van der Waals surface area contributed by atoms with Crippen LogP contribution < -0.4 is 5.73 Å². The first-order valence-corrected chi connectivity index (χ1v) is 8.73. The fourth-order valence-electron chi connectivity index (χ4n) is 1.95. The van der Waals surface area contributed by atoms with E-state index in [-0.39, 0.29) is 23.2 Å². The summed E-state index contributed by atoms with van der Waals surface area (Å²) in [5.74, 6) is -0.827. The van der Waals surface area contributed by atoms with Crippen LogP contribution >= 0.6 is 11.3 Å². The quantitative estimate of drug-likeness (QED) is 0.858. The number of rotatable bonds is 5. The third-order valence-corrected chi connectivity index (χ3v) is 5.93. The van der Waals surface area contributed by atoms with Gasteiger partial charge in [0.05, 0.1) is 0 Å². The molecule has 0 spiro atoms. The molecule has 1 heterocycles. The normalized spacial score (nSPS) is 12.2. The Labute approximate surface area is 128 Å². The highest BCUT2D eigenvalue weighted by Crippen LogP contribution is 2.25. The molecule has 7 heteroatoms. The Morgan fingerprint density at radius 2 is 2.05 bits per heavy atom. The third-order valence-electron chi connectivity index (χ3n) is 3.01. The topological polar surface area (TPSA) is 63.4 Å². The van der Waals surface area contributed by atoms with Crippen molar-refractivity contribution < 1.29 is 12.8 Å². The van der Waals surface area contributed by atoms with Crippen LogP contribution in [0.5, 0.6) is 0 Å². The molecule has 4 nitrogen and oxygen atoms in total. The number of benzene rings is 1. The molecule has 0 saturated carbocycles. The van der Waals surface area contributed by atoms with Gasteiger partial charge >= 0.3 is 0 Å². The number of sulfonamides is 1. The van der Waals surface area contributed by atoms with Gasteiger partial charge in [-0.05, 0) is 43.5 Å². The molecule has 0 atom stereocenters. The van der Waals surface area contributed by atoms with Gasteiger partial charge in [0.15, 0.2) is 0 Å². The van der Waals surface area contributed by atoms with Crippen LogP contribution in [-0.2, 0) is 16.6 Å². The predicted molar refractivity (Wildman–Crippen MR) is 83.0 cm³/mol. The number of halogens is 1. The maximum Gasteiger partial charge on any atom is 0.246 e. The van der Waals surface area contributed by atoms with E-state index in [2.05, 4.69) is 0 Å². The van der Waals surface area contributed by atoms with Crippen molar-refractivity contribution in [3.63, 3.8) is 0 Å². The van der Waals surface area contributed by atoms with Crippen molar-refractivity contribution in [1.82, 2.24) is 4.31 Å². The van der Waals surface area contributed by atoms with Crippen LogP contribution in [0, 0.1) is 5.82 Å². The highest BCUT2D eigenvalue weighted by Gasteiger charge is 2.30. The van der Waals surface area contributed by atoms with Crippen molar-refractivity contribution in [2.75, 3.05) is 5.73 Å². The SMILES string of the molecule is CC(C)N(Cc1cccs1)S(=O)(=O)c1ccc(N)cc1F. The number of hydrogen-bond acceptors (Lipinski definition) is 4. The maximum absolute atomic E-state index is 14.0. The zero-order valence-corrected chi connectivity index (χ0v) is 13.4. The van der Waals surface area contributed by atoms with Crippen molar-refractivity contribution in [2.45, 2.75) is 31.3 Å². The number of anilines is 1. The second kappa shape index (κ2) is 6.13. The molecular weight excluding hydrogens is 311 g/mol. The Morgan fingerprint density at radius 3 is 2.57 bits per heavy atom. The van der Waals surface area contributed by atoms with Crippen molar-refractivity contribution in [3.8, 4) is 0 Å². The van der Waals surface area contributed by atoms with Gasteiger partial charge in [-0.25, -0.2) is 12.8 Å². The lowest BCUT2D eigenvalue weighted by molar-refractivity contribution is 0.348. The summed E-state index contributed by atoms with van der Waals surface area (Å²) in [6.45, 7) is 3.75. The Bertz CT molecular complexity index is 713.